The number of pyridine rings is 1. The number of amides is 2. The Bertz CT molecular complexity index is 1250. The van der Waals surface area contributed by atoms with E-state index >= 15 is 0 Å². The molecule has 0 aliphatic carbocycles. The van der Waals surface area contributed by atoms with Crippen molar-refractivity contribution in [3.63, 3.8) is 0 Å². The number of anilines is 1. The molecule has 2 N–H and O–H groups in total. The summed E-state index contributed by atoms with van der Waals surface area (Å²) in [5.74, 6) is -0.388. The van der Waals surface area contributed by atoms with E-state index in [-0.39, 0.29) is 11.8 Å². The van der Waals surface area contributed by atoms with Crippen LogP contribution in [-0.2, 0) is 4.79 Å². The average Bonchev–Trinajstić information content (AvgIpc) is 3.20. The lowest BCUT2D eigenvalue weighted by Crippen LogP contribution is -2.44. The fourth-order valence-electron chi connectivity index (χ4n) is 4.33. The van der Waals surface area contributed by atoms with Crippen LogP contribution >= 0.6 is 0 Å². The van der Waals surface area contributed by atoms with Gasteiger partial charge < -0.3 is 15.2 Å². The number of fused-ring (bicyclic) bond motifs is 2. The number of likely N-dealkylation sites (N-methyl/N-ethyl adjacent to an activating group) is 1. The third-order valence-electron chi connectivity index (χ3n) is 5.72. The zero-order chi connectivity index (χ0) is 20.7. The Hall–Kier alpha value is -3.93. The summed E-state index contributed by atoms with van der Waals surface area (Å²) in [6.07, 6.45) is 3.53. The number of hydrogen-bond donors (Lipinski definition) is 2. The second kappa shape index (κ2) is 7.15. The number of carbonyl (C=O) groups excluding carboxylic acids is 2. The quantitative estimate of drug-likeness (QED) is 0.547. The van der Waals surface area contributed by atoms with Gasteiger partial charge in [0, 0.05) is 41.5 Å². The van der Waals surface area contributed by atoms with Gasteiger partial charge in [0.2, 0.25) is 5.91 Å². The van der Waals surface area contributed by atoms with Gasteiger partial charge in [0.15, 0.2) is 0 Å². The number of rotatable bonds is 3. The molecule has 4 aromatic rings. The molecule has 6 nitrogen and oxygen atoms in total. The van der Waals surface area contributed by atoms with Crippen LogP contribution in [0.5, 0.6) is 0 Å². The van der Waals surface area contributed by atoms with Crippen LogP contribution in [0.15, 0.2) is 79.1 Å². The highest BCUT2D eigenvalue weighted by molar-refractivity contribution is 6.04. The summed E-state index contributed by atoms with van der Waals surface area (Å²) in [5.41, 5.74) is 3.16. The lowest BCUT2D eigenvalue weighted by atomic mass is 9.79. The van der Waals surface area contributed by atoms with Crippen molar-refractivity contribution in [2.45, 2.75) is 12.0 Å². The molecular formula is C24H20N4O2. The second-order valence-electron chi connectivity index (χ2n) is 7.42. The van der Waals surface area contributed by atoms with Gasteiger partial charge in [0.05, 0.1) is 12.0 Å². The average molecular weight is 396 g/mol. The highest BCUT2D eigenvalue weighted by Crippen LogP contribution is 2.44. The van der Waals surface area contributed by atoms with Crippen molar-refractivity contribution in [3.05, 3.63) is 95.8 Å². The third-order valence-corrected chi connectivity index (χ3v) is 5.72. The molecule has 0 saturated carbocycles. The smallest absolute Gasteiger partial charge is 0.254 e. The first kappa shape index (κ1) is 18.1. The van der Waals surface area contributed by atoms with E-state index in [0.29, 0.717) is 11.4 Å². The summed E-state index contributed by atoms with van der Waals surface area (Å²) in [4.78, 5) is 35.8. The number of aromatic nitrogens is 2. The van der Waals surface area contributed by atoms with Gasteiger partial charge in [-0.1, -0.05) is 42.5 Å². The Kier molecular flexibility index (Phi) is 4.32. The minimum absolute atomic E-state index is 0.0947. The number of hydrogen-bond acceptors (Lipinski definition) is 3. The van der Waals surface area contributed by atoms with E-state index in [1.807, 2.05) is 54.7 Å². The fourth-order valence-corrected chi connectivity index (χ4v) is 4.33. The van der Waals surface area contributed by atoms with Crippen molar-refractivity contribution in [1.29, 1.82) is 0 Å². The van der Waals surface area contributed by atoms with Gasteiger partial charge in [-0.25, -0.2) is 4.98 Å². The Balaban J connectivity index is 1.67. The molecule has 1 aliphatic rings. The van der Waals surface area contributed by atoms with E-state index < -0.39 is 12.0 Å². The summed E-state index contributed by atoms with van der Waals surface area (Å²) >= 11 is 0. The van der Waals surface area contributed by atoms with E-state index in [1.54, 1.807) is 36.3 Å². The van der Waals surface area contributed by atoms with Crippen molar-refractivity contribution < 1.29 is 9.59 Å². The molecule has 0 bridgehead atoms. The summed E-state index contributed by atoms with van der Waals surface area (Å²) in [6, 6.07) is 20.2. The second-order valence-corrected chi connectivity index (χ2v) is 7.42. The zero-order valence-electron chi connectivity index (χ0n) is 16.4. The molecule has 1 aliphatic heterocycles. The van der Waals surface area contributed by atoms with Crippen molar-refractivity contribution in [2.75, 3.05) is 12.4 Å². The molecule has 30 heavy (non-hydrogen) atoms. The molecule has 0 radical (unpaired) electrons. The number of nitrogens with one attached hydrogen (secondary N) is 2. The maximum Gasteiger partial charge on any atom is 0.254 e. The SMILES string of the molecule is CN1C(=O)c2ccccc2C(C(=O)Nc2ccccn2)C1c1c[nH]c2ccccc12. The lowest BCUT2D eigenvalue weighted by molar-refractivity contribution is -0.119. The molecule has 5 rings (SSSR count). The molecule has 148 valence electrons. The van der Waals surface area contributed by atoms with Crippen LogP contribution in [0.4, 0.5) is 5.82 Å². The van der Waals surface area contributed by atoms with Gasteiger partial charge in [0.1, 0.15) is 5.82 Å². The van der Waals surface area contributed by atoms with E-state index in [1.165, 1.54) is 0 Å². The van der Waals surface area contributed by atoms with Crippen LogP contribution in [0.1, 0.15) is 33.4 Å². The van der Waals surface area contributed by atoms with E-state index in [9.17, 15) is 9.59 Å². The molecule has 3 heterocycles. The van der Waals surface area contributed by atoms with Gasteiger partial charge in [-0.2, -0.15) is 0 Å². The Morgan fingerprint density at radius 3 is 2.60 bits per heavy atom. The summed E-state index contributed by atoms with van der Waals surface area (Å²) in [7, 11) is 1.76. The van der Waals surface area contributed by atoms with Gasteiger partial charge in [-0.3, -0.25) is 9.59 Å². The Morgan fingerprint density at radius 2 is 1.77 bits per heavy atom. The van der Waals surface area contributed by atoms with Crippen molar-refractivity contribution >= 4 is 28.5 Å². The number of nitrogens with zero attached hydrogens (tertiary/aromatic N) is 2. The summed E-state index contributed by atoms with van der Waals surface area (Å²) in [5, 5.41) is 3.93. The maximum absolute atomic E-state index is 13.5. The number of carbonyl (C=O) groups is 2. The predicted octanol–water partition coefficient (Wildman–Crippen LogP) is 4.11. The van der Waals surface area contributed by atoms with Crippen LogP contribution in [0.3, 0.4) is 0 Å². The summed E-state index contributed by atoms with van der Waals surface area (Å²) in [6.45, 7) is 0. The van der Waals surface area contributed by atoms with Crippen LogP contribution in [-0.4, -0.2) is 33.7 Å². The first-order chi connectivity index (χ1) is 14.6. The van der Waals surface area contributed by atoms with Crippen LogP contribution in [0, 0.1) is 0 Å². The van der Waals surface area contributed by atoms with Gasteiger partial charge >= 0.3 is 0 Å². The zero-order valence-corrected chi connectivity index (χ0v) is 16.4. The number of para-hydroxylation sites is 1. The van der Waals surface area contributed by atoms with Crippen molar-refractivity contribution in [1.82, 2.24) is 14.9 Å². The van der Waals surface area contributed by atoms with Crippen LogP contribution in [0.25, 0.3) is 10.9 Å². The Morgan fingerprint density at radius 1 is 1.00 bits per heavy atom. The molecule has 2 aromatic heterocycles. The topological polar surface area (TPSA) is 78.1 Å². The van der Waals surface area contributed by atoms with Gasteiger partial charge in [-0.05, 0) is 29.8 Å². The normalized spacial score (nSPS) is 18.3. The molecule has 0 spiro atoms. The Labute approximate surface area is 173 Å². The predicted molar refractivity (Wildman–Crippen MR) is 115 cm³/mol. The highest BCUT2D eigenvalue weighted by atomic mass is 16.2. The van der Waals surface area contributed by atoms with Gasteiger partial charge in [0.25, 0.3) is 5.91 Å². The van der Waals surface area contributed by atoms with Crippen molar-refractivity contribution in [2.24, 2.45) is 0 Å². The van der Waals surface area contributed by atoms with Crippen molar-refractivity contribution in [3.8, 4) is 0 Å². The monoisotopic (exact) mass is 396 g/mol. The number of H-pyrrole nitrogens is 1. The van der Waals surface area contributed by atoms with E-state index in [2.05, 4.69) is 15.3 Å². The minimum atomic E-state index is -0.579. The highest BCUT2D eigenvalue weighted by Gasteiger charge is 2.43. The first-order valence-corrected chi connectivity index (χ1v) is 9.79. The number of aromatic amines is 1. The molecule has 0 fully saturated rings. The molecule has 2 atom stereocenters. The molecule has 6 heteroatoms. The third kappa shape index (κ3) is 2.85. The molecule has 0 saturated heterocycles. The van der Waals surface area contributed by atoms with Crippen LogP contribution in [0.2, 0.25) is 0 Å². The molecule has 2 unspecified atom stereocenters. The summed E-state index contributed by atoms with van der Waals surface area (Å²) < 4.78 is 0. The standard InChI is InChI=1S/C24H20N4O2/c1-28-22(18-14-26-19-11-5-4-8-15(18)19)21(16-9-2-3-10-17(16)24(28)30)23(29)27-20-12-6-7-13-25-20/h2-14,21-22,26H,1H3,(H,25,27,29). The largest absolute Gasteiger partial charge is 0.361 e. The first-order valence-electron chi connectivity index (χ1n) is 9.79. The van der Waals surface area contributed by atoms with Gasteiger partial charge in [-0.15, -0.1) is 0 Å². The minimum Gasteiger partial charge on any atom is -0.361 e. The molecule has 2 aromatic carbocycles. The maximum atomic E-state index is 13.5. The number of benzene rings is 2. The molecule has 2 amide bonds. The van der Waals surface area contributed by atoms with E-state index in [0.717, 1.165) is 22.0 Å². The fraction of sp³-hybridized carbons (Fsp3) is 0.125. The lowest BCUT2D eigenvalue weighted by Gasteiger charge is -2.39. The van der Waals surface area contributed by atoms with E-state index in [4.69, 9.17) is 0 Å². The molecular weight excluding hydrogens is 376 g/mol. The van der Waals surface area contributed by atoms with Crippen LogP contribution < -0.4 is 5.32 Å².